The van der Waals surface area contributed by atoms with Crippen molar-refractivity contribution in [3.05, 3.63) is 72.8 Å². The molecule has 0 radical (unpaired) electrons. The number of aryl methyl sites for hydroxylation is 1. The molecule has 0 spiro atoms. The fourth-order valence-electron chi connectivity index (χ4n) is 3.94. The van der Waals surface area contributed by atoms with E-state index in [0.717, 1.165) is 44.5 Å². The molecule has 160 valence electrons. The molecule has 0 fully saturated rings. The standard InChI is InChI=1S/C26H24N4O2/c1-17(2)32-19-13-11-18(12-14-19)27-24(31)15-16-30-23-10-6-3-7-20(23)25-26(30)29-22-9-5-4-8-21(22)28-25/h3-14,17H,15-16H2,1-2H3,(H,27,31). The zero-order valence-corrected chi connectivity index (χ0v) is 18.1. The monoisotopic (exact) mass is 424 g/mol. The summed E-state index contributed by atoms with van der Waals surface area (Å²) >= 11 is 0. The molecule has 2 heterocycles. The summed E-state index contributed by atoms with van der Waals surface area (Å²) in [6.45, 7) is 4.48. The highest BCUT2D eigenvalue weighted by atomic mass is 16.5. The molecule has 2 aromatic heterocycles. The summed E-state index contributed by atoms with van der Waals surface area (Å²) in [7, 11) is 0. The van der Waals surface area contributed by atoms with Gasteiger partial charge in [-0.05, 0) is 56.3 Å². The first-order valence-electron chi connectivity index (χ1n) is 10.8. The summed E-state index contributed by atoms with van der Waals surface area (Å²) in [5.74, 6) is 0.733. The van der Waals surface area contributed by atoms with Crippen molar-refractivity contribution in [3.63, 3.8) is 0 Å². The van der Waals surface area contributed by atoms with Gasteiger partial charge in [-0.15, -0.1) is 0 Å². The molecule has 1 N–H and O–H groups in total. The van der Waals surface area contributed by atoms with Crippen LogP contribution in [0.3, 0.4) is 0 Å². The molecule has 6 heteroatoms. The van der Waals surface area contributed by atoms with E-state index in [1.807, 2.05) is 74.5 Å². The number of carbonyl (C=O) groups is 1. The van der Waals surface area contributed by atoms with E-state index < -0.39 is 0 Å². The van der Waals surface area contributed by atoms with Gasteiger partial charge in [-0.1, -0.05) is 30.3 Å². The molecule has 0 saturated carbocycles. The molecule has 0 aliphatic heterocycles. The highest BCUT2D eigenvalue weighted by molar-refractivity contribution is 6.06. The third kappa shape index (κ3) is 3.87. The highest BCUT2D eigenvalue weighted by Gasteiger charge is 2.15. The predicted octanol–water partition coefficient (Wildman–Crippen LogP) is 5.55. The number of para-hydroxylation sites is 3. The first-order chi connectivity index (χ1) is 15.6. The minimum atomic E-state index is -0.0535. The molecule has 0 saturated heterocycles. The van der Waals surface area contributed by atoms with E-state index in [2.05, 4.69) is 22.0 Å². The number of fused-ring (bicyclic) bond motifs is 4. The number of amides is 1. The van der Waals surface area contributed by atoms with Crippen molar-refractivity contribution >= 4 is 44.7 Å². The van der Waals surface area contributed by atoms with Crippen molar-refractivity contribution in [2.24, 2.45) is 0 Å². The van der Waals surface area contributed by atoms with Crippen molar-refractivity contribution in [2.75, 3.05) is 5.32 Å². The number of nitrogens with one attached hydrogen (secondary N) is 1. The van der Waals surface area contributed by atoms with Crippen LogP contribution in [0.4, 0.5) is 5.69 Å². The van der Waals surface area contributed by atoms with Gasteiger partial charge in [0.25, 0.3) is 0 Å². The minimum Gasteiger partial charge on any atom is -0.491 e. The number of aromatic nitrogens is 3. The molecule has 32 heavy (non-hydrogen) atoms. The predicted molar refractivity (Wildman–Crippen MR) is 128 cm³/mol. The Morgan fingerprint density at radius 2 is 1.62 bits per heavy atom. The summed E-state index contributed by atoms with van der Waals surface area (Å²) in [6, 6.07) is 23.4. The molecule has 0 aliphatic carbocycles. The lowest BCUT2D eigenvalue weighted by atomic mass is 10.2. The number of carbonyl (C=O) groups excluding carboxylic acids is 1. The average molecular weight is 425 g/mol. The maximum Gasteiger partial charge on any atom is 0.226 e. The second-order valence-electron chi connectivity index (χ2n) is 8.04. The highest BCUT2D eigenvalue weighted by Crippen LogP contribution is 2.28. The number of anilines is 1. The molecule has 0 bridgehead atoms. The van der Waals surface area contributed by atoms with Crippen molar-refractivity contribution in [1.82, 2.24) is 14.5 Å². The third-order valence-corrected chi connectivity index (χ3v) is 5.33. The average Bonchev–Trinajstić information content (AvgIpc) is 3.10. The van der Waals surface area contributed by atoms with Gasteiger partial charge in [0.15, 0.2) is 5.65 Å². The van der Waals surface area contributed by atoms with Gasteiger partial charge >= 0.3 is 0 Å². The Morgan fingerprint density at radius 3 is 2.38 bits per heavy atom. The van der Waals surface area contributed by atoms with Crippen molar-refractivity contribution in [2.45, 2.75) is 32.9 Å². The Balaban J connectivity index is 1.39. The van der Waals surface area contributed by atoms with E-state index in [1.54, 1.807) is 0 Å². The molecule has 3 aromatic carbocycles. The number of hydrogen-bond acceptors (Lipinski definition) is 4. The first-order valence-corrected chi connectivity index (χ1v) is 10.8. The smallest absolute Gasteiger partial charge is 0.226 e. The third-order valence-electron chi connectivity index (χ3n) is 5.33. The van der Waals surface area contributed by atoms with E-state index in [4.69, 9.17) is 14.7 Å². The SMILES string of the molecule is CC(C)Oc1ccc(NC(=O)CCn2c3ccccc3c3nc4ccccc4nc32)cc1. The van der Waals surface area contributed by atoms with Crippen LogP contribution in [-0.2, 0) is 11.3 Å². The number of nitrogens with zero attached hydrogens (tertiary/aromatic N) is 3. The van der Waals surface area contributed by atoms with Gasteiger partial charge in [0.2, 0.25) is 5.91 Å². The fraction of sp³-hybridized carbons (Fsp3) is 0.192. The fourth-order valence-corrected chi connectivity index (χ4v) is 3.94. The number of ether oxygens (including phenoxy) is 1. The van der Waals surface area contributed by atoms with Gasteiger partial charge in [-0.3, -0.25) is 4.79 Å². The van der Waals surface area contributed by atoms with Crippen LogP contribution in [0.5, 0.6) is 5.75 Å². The Morgan fingerprint density at radius 1 is 0.938 bits per heavy atom. The van der Waals surface area contributed by atoms with Crippen molar-refractivity contribution in [3.8, 4) is 5.75 Å². The van der Waals surface area contributed by atoms with Crippen molar-refractivity contribution < 1.29 is 9.53 Å². The van der Waals surface area contributed by atoms with Crippen LogP contribution in [0.1, 0.15) is 20.3 Å². The van der Waals surface area contributed by atoms with E-state index in [-0.39, 0.29) is 12.0 Å². The van der Waals surface area contributed by atoms with Gasteiger partial charge in [-0.25, -0.2) is 9.97 Å². The lowest BCUT2D eigenvalue weighted by Crippen LogP contribution is -2.14. The van der Waals surface area contributed by atoms with Crippen LogP contribution in [0, 0.1) is 0 Å². The number of hydrogen-bond donors (Lipinski definition) is 1. The van der Waals surface area contributed by atoms with E-state index in [0.29, 0.717) is 13.0 Å². The minimum absolute atomic E-state index is 0.0535. The largest absolute Gasteiger partial charge is 0.491 e. The van der Waals surface area contributed by atoms with Crippen LogP contribution in [0.25, 0.3) is 33.1 Å². The molecular weight excluding hydrogens is 400 g/mol. The quantitative estimate of drug-likeness (QED) is 0.388. The lowest BCUT2D eigenvalue weighted by molar-refractivity contribution is -0.116. The van der Waals surface area contributed by atoms with Gasteiger partial charge in [-0.2, -0.15) is 0 Å². The Kier molecular flexibility index (Phi) is 5.19. The number of benzene rings is 3. The maximum absolute atomic E-state index is 12.7. The summed E-state index contributed by atoms with van der Waals surface area (Å²) in [5.41, 5.74) is 5.15. The van der Waals surface area contributed by atoms with Crippen molar-refractivity contribution in [1.29, 1.82) is 0 Å². The molecule has 5 rings (SSSR count). The molecule has 1 amide bonds. The second kappa shape index (κ2) is 8.30. The molecule has 6 nitrogen and oxygen atoms in total. The van der Waals surface area contributed by atoms with E-state index in [9.17, 15) is 4.79 Å². The van der Waals surface area contributed by atoms with Crippen LogP contribution in [0.15, 0.2) is 72.8 Å². The molecular formula is C26H24N4O2. The van der Waals surface area contributed by atoms with E-state index >= 15 is 0 Å². The normalized spacial score (nSPS) is 11.5. The first kappa shape index (κ1) is 20.0. The zero-order chi connectivity index (χ0) is 22.1. The summed E-state index contributed by atoms with van der Waals surface area (Å²) in [5, 5.41) is 4.01. The summed E-state index contributed by atoms with van der Waals surface area (Å²) in [4.78, 5) is 22.4. The second-order valence-corrected chi connectivity index (χ2v) is 8.04. The van der Waals surface area contributed by atoms with Gasteiger partial charge in [0.05, 0.1) is 22.7 Å². The molecule has 0 unspecified atom stereocenters. The van der Waals surface area contributed by atoms with E-state index in [1.165, 1.54) is 0 Å². The van der Waals surface area contributed by atoms with Crippen LogP contribution >= 0.6 is 0 Å². The molecule has 5 aromatic rings. The van der Waals surface area contributed by atoms with Crippen LogP contribution in [-0.4, -0.2) is 26.5 Å². The Labute approximate surface area is 185 Å². The van der Waals surface area contributed by atoms with Crippen LogP contribution < -0.4 is 10.1 Å². The maximum atomic E-state index is 12.7. The van der Waals surface area contributed by atoms with Gasteiger partial charge in [0, 0.05) is 24.0 Å². The summed E-state index contributed by atoms with van der Waals surface area (Å²) < 4.78 is 7.74. The lowest BCUT2D eigenvalue weighted by Gasteiger charge is -2.11. The Hall–Kier alpha value is -3.93. The van der Waals surface area contributed by atoms with Crippen LogP contribution in [0.2, 0.25) is 0 Å². The molecule has 0 atom stereocenters. The van der Waals surface area contributed by atoms with Gasteiger partial charge in [0.1, 0.15) is 11.3 Å². The summed E-state index contributed by atoms with van der Waals surface area (Å²) in [6.07, 6.45) is 0.439. The number of rotatable bonds is 6. The molecule has 0 aliphatic rings. The van der Waals surface area contributed by atoms with Gasteiger partial charge < -0.3 is 14.6 Å². The Bertz CT molecular complexity index is 1420. The zero-order valence-electron chi connectivity index (χ0n) is 18.1. The topological polar surface area (TPSA) is 69.0 Å².